The second-order valence-corrected chi connectivity index (χ2v) is 6.04. The second-order valence-electron chi connectivity index (χ2n) is 4.87. The molecular formula is C17H20FNOS. The Bertz CT molecular complexity index is 559. The zero-order chi connectivity index (χ0) is 15.1. The maximum absolute atomic E-state index is 13.2. The summed E-state index contributed by atoms with van der Waals surface area (Å²) in [5, 5.41) is 12.1. The molecule has 21 heavy (non-hydrogen) atoms. The fourth-order valence-electron chi connectivity index (χ4n) is 2.01. The number of nitrogens with one attached hydrogen (secondary N) is 1. The van der Waals surface area contributed by atoms with Crippen LogP contribution >= 0.6 is 11.8 Å². The van der Waals surface area contributed by atoms with Crippen molar-refractivity contribution in [3.05, 3.63) is 59.9 Å². The number of halogens is 1. The highest BCUT2D eigenvalue weighted by Gasteiger charge is 2.06. The fourth-order valence-corrected chi connectivity index (χ4v) is 2.85. The average molecular weight is 305 g/mol. The summed E-state index contributed by atoms with van der Waals surface area (Å²) in [5.41, 5.74) is 1.94. The molecule has 4 heteroatoms. The van der Waals surface area contributed by atoms with Gasteiger partial charge in [-0.2, -0.15) is 0 Å². The van der Waals surface area contributed by atoms with Crippen LogP contribution < -0.4 is 5.32 Å². The van der Waals surface area contributed by atoms with Crippen LogP contribution in [0.4, 0.5) is 10.1 Å². The van der Waals surface area contributed by atoms with Gasteiger partial charge in [0.05, 0.1) is 0 Å². The first kappa shape index (κ1) is 15.9. The van der Waals surface area contributed by atoms with Gasteiger partial charge in [-0.15, -0.1) is 11.8 Å². The molecule has 1 atom stereocenters. The third-order valence-corrected chi connectivity index (χ3v) is 4.26. The summed E-state index contributed by atoms with van der Waals surface area (Å²) >= 11 is 1.73. The molecule has 0 aliphatic heterocycles. The first-order chi connectivity index (χ1) is 10.2. The molecule has 0 spiro atoms. The lowest BCUT2D eigenvalue weighted by Gasteiger charge is -2.16. The summed E-state index contributed by atoms with van der Waals surface area (Å²) in [6.45, 7) is 2.25. The van der Waals surface area contributed by atoms with Crippen LogP contribution in [-0.2, 0) is 0 Å². The van der Waals surface area contributed by atoms with Gasteiger partial charge < -0.3 is 10.4 Å². The van der Waals surface area contributed by atoms with E-state index in [2.05, 4.69) is 17.4 Å². The summed E-state index contributed by atoms with van der Waals surface area (Å²) in [6, 6.07) is 14.9. The number of aliphatic hydroxyl groups excluding tert-OH is 1. The van der Waals surface area contributed by atoms with Crippen molar-refractivity contribution in [2.24, 2.45) is 0 Å². The van der Waals surface area contributed by atoms with Gasteiger partial charge in [-0.3, -0.25) is 0 Å². The molecule has 0 aliphatic carbocycles. The van der Waals surface area contributed by atoms with Crippen LogP contribution in [0, 0.1) is 5.82 Å². The normalized spacial score (nSPS) is 12.1. The molecule has 0 fully saturated rings. The number of hydrogen-bond donors (Lipinski definition) is 2. The van der Waals surface area contributed by atoms with Crippen molar-refractivity contribution in [3.63, 3.8) is 0 Å². The van der Waals surface area contributed by atoms with Crippen molar-refractivity contribution >= 4 is 17.4 Å². The zero-order valence-electron chi connectivity index (χ0n) is 12.1. The lowest BCUT2D eigenvalue weighted by atomic mass is 10.1. The molecule has 0 bridgehead atoms. The summed E-state index contributed by atoms with van der Waals surface area (Å²) in [4.78, 5) is 1.19. The Morgan fingerprint density at radius 3 is 2.62 bits per heavy atom. The van der Waals surface area contributed by atoms with Gasteiger partial charge in [0.1, 0.15) is 5.82 Å². The third-order valence-electron chi connectivity index (χ3n) is 3.16. The molecule has 2 aromatic rings. The third kappa shape index (κ3) is 5.06. The van der Waals surface area contributed by atoms with Crippen LogP contribution in [-0.4, -0.2) is 17.5 Å². The first-order valence-corrected chi connectivity index (χ1v) is 8.03. The minimum atomic E-state index is -0.211. The van der Waals surface area contributed by atoms with E-state index in [0.29, 0.717) is 0 Å². The highest BCUT2D eigenvalue weighted by Crippen LogP contribution is 2.24. The smallest absolute Gasteiger partial charge is 0.123 e. The van der Waals surface area contributed by atoms with Crippen molar-refractivity contribution in [3.8, 4) is 0 Å². The van der Waals surface area contributed by atoms with Gasteiger partial charge >= 0.3 is 0 Å². The first-order valence-electron chi connectivity index (χ1n) is 7.05. The van der Waals surface area contributed by atoms with Gasteiger partial charge in [0.15, 0.2) is 0 Å². The molecule has 0 saturated heterocycles. The number of rotatable bonds is 7. The second kappa shape index (κ2) is 8.05. The minimum absolute atomic E-state index is 0.0496. The molecule has 1 unspecified atom stereocenters. The largest absolute Gasteiger partial charge is 0.396 e. The van der Waals surface area contributed by atoms with E-state index >= 15 is 0 Å². The van der Waals surface area contributed by atoms with Gasteiger partial charge in [-0.25, -0.2) is 4.39 Å². The van der Waals surface area contributed by atoms with E-state index in [1.54, 1.807) is 23.9 Å². The van der Waals surface area contributed by atoms with E-state index in [0.717, 1.165) is 23.4 Å². The Morgan fingerprint density at radius 2 is 1.95 bits per heavy atom. The van der Waals surface area contributed by atoms with Crippen LogP contribution in [0.5, 0.6) is 0 Å². The van der Waals surface area contributed by atoms with Crippen molar-refractivity contribution in [2.45, 2.75) is 24.3 Å². The van der Waals surface area contributed by atoms with Gasteiger partial charge in [0.2, 0.25) is 0 Å². The highest BCUT2D eigenvalue weighted by atomic mass is 32.2. The number of hydrogen-bond acceptors (Lipinski definition) is 3. The molecule has 2 N–H and O–H groups in total. The number of anilines is 1. The lowest BCUT2D eigenvalue weighted by Crippen LogP contribution is -2.06. The van der Waals surface area contributed by atoms with Crippen molar-refractivity contribution < 1.29 is 9.50 Å². The average Bonchev–Trinajstić information content (AvgIpc) is 2.49. The monoisotopic (exact) mass is 305 g/mol. The Kier molecular flexibility index (Phi) is 6.08. The molecule has 0 aliphatic rings. The maximum atomic E-state index is 13.2. The quantitative estimate of drug-likeness (QED) is 0.584. The highest BCUT2D eigenvalue weighted by molar-refractivity contribution is 7.99. The van der Waals surface area contributed by atoms with Gasteiger partial charge in [0.25, 0.3) is 0 Å². The van der Waals surface area contributed by atoms with Gasteiger partial charge in [-0.05, 0) is 55.3 Å². The van der Waals surface area contributed by atoms with E-state index < -0.39 is 0 Å². The number of thioether (sulfide) groups is 1. The number of benzene rings is 2. The summed E-state index contributed by atoms with van der Waals surface area (Å²) in [5.74, 6) is 0.708. The van der Waals surface area contributed by atoms with E-state index in [4.69, 9.17) is 5.11 Å². The Hall–Kier alpha value is -1.52. The molecule has 0 saturated carbocycles. The van der Waals surface area contributed by atoms with Crippen LogP contribution in [0.3, 0.4) is 0 Å². The maximum Gasteiger partial charge on any atom is 0.123 e. The molecule has 0 aromatic heterocycles. The van der Waals surface area contributed by atoms with Crippen molar-refractivity contribution in [1.82, 2.24) is 0 Å². The van der Waals surface area contributed by atoms with Crippen molar-refractivity contribution in [2.75, 3.05) is 17.7 Å². The topological polar surface area (TPSA) is 32.3 Å². The standard InChI is InChI=1S/C17H20FNOS/c1-13(14-4-2-5-15(18)12-14)19-16-6-8-17(9-7-16)21-11-3-10-20/h2,4-9,12-13,19-20H,3,10-11H2,1H3. The molecule has 2 nitrogen and oxygen atoms in total. The van der Waals surface area contributed by atoms with Crippen LogP contribution in [0.15, 0.2) is 53.4 Å². The Labute approximate surface area is 129 Å². The minimum Gasteiger partial charge on any atom is -0.396 e. The predicted octanol–water partition coefficient (Wildman–Crippen LogP) is 4.47. The summed E-state index contributed by atoms with van der Waals surface area (Å²) in [7, 11) is 0. The lowest BCUT2D eigenvalue weighted by molar-refractivity contribution is 0.296. The Balaban J connectivity index is 1.93. The van der Waals surface area contributed by atoms with Gasteiger partial charge in [0, 0.05) is 29.0 Å². The SMILES string of the molecule is CC(Nc1ccc(SCCCO)cc1)c1cccc(F)c1. The van der Waals surface area contributed by atoms with E-state index in [9.17, 15) is 4.39 Å². The van der Waals surface area contributed by atoms with Crippen molar-refractivity contribution in [1.29, 1.82) is 0 Å². The zero-order valence-corrected chi connectivity index (χ0v) is 12.9. The van der Waals surface area contributed by atoms with E-state index in [1.165, 1.54) is 11.0 Å². The van der Waals surface area contributed by atoms with E-state index in [-0.39, 0.29) is 18.5 Å². The predicted molar refractivity (Wildman–Crippen MR) is 87.3 cm³/mol. The molecular weight excluding hydrogens is 285 g/mol. The van der Waals surface area contributed by atoms with Gasteiger partial charge in [-0.1, -0.05) is 12.1 Å². The van der Waals surface area contributed by atoms with Crippen LogP contribution in [0.1, 0.15) is 24.9 Å². The van der Waals surface area contributed by atoms with Crippen LogP contribution in [0.2, 0.25) is 0 Å². The number of aliphatic hydroxyl groups is 1. The molecule has 112 valence electrons. The Morgan fingerprint density at radius 1 is 1.19 bits per heavy atom. The molecule has 0 heterocycles. The molecule has 2 aromatic carbocycles. The molecule has 2 rings (SSSR count). The van der Waals surface area contributed by atoms with E-state index in [1.807, 2.05) is 25.1 Å². The van der Waals surface area contributed by atoms with Crippen LogP contribution in [0.25, 0.3) is 0 Å². The molecule has 0 radical (unpaired) electrons. The summed E-state index contributed by atoms with van der Waals surface area (Å²) in [6.07, 6.45) is 0.807. The summed E-state index contributed by atoms with van der Waals surface area (Å²) < 4.78 is 13.2. The molecule has 0 amide bonds. The fraction of sp³-hybridized carbons (Fsp3) is 0.294.